The fourth-order valence-electron chi connectivity index (χ4n) is 10.4. The second-order valence-electron chi connectivity index (χ2n) is 18.0. The maximum Gasteiger partial charge on any atom is 0.147 e. The van der Waals surface area contributed by atoms with Crippen LogP contribution in [0.15, 0.2) is 231 Å². The summed E-state index contributed by atoms with van der Waals surface area (Å²) in [6, 6.07) is 77.5. The van der Waals surface area contributed by atoms with E-state index in [1.54, 1.807) is 12.1 Å². The lowest BCUT2D eigenvalue weighted by molar-refractivity contribution is 0.629. The van der Waals surface area contributed by atoms with Crippen molar-refractivity contribution in [3.63, 3.8) is 0 Å². The predicted octanol–water partition coefficient (Wildman–Crippen LogP) is 18.0. The zero-order valence-corrected chi connectivity index (χ0v) is 37.1. The fraction of sp³-hybridized carbons (Fsp3) is 0.0476. The number of anilines is 6. The third-order valence-corrected chi connectivity index (χ3v) is 13.7. The number of hydrogen-bond donors (Lipinski definition) is 0. The summed E-state index contributed by atoms with van der Waals surface area (Å²) >= 11 is 0. The molecule has 0 atom stereocenters. The van der Waals surface area contributed by atoms with Crippen molar-refractivity contribution in [3.8, 4) is 33.4 Å². The Morgan fingerprint density at radius 3 is 1.30 bits per heavy atom. The Labute approximate surface area is 389 Å². The van der Waals surface area contributed by atoms with Crippen molar-refractivity contribution in [1.29, 1.82) is 0 Å². The van der Waals surface area contributed by atoms with Crippen LogP contribution in [0.1, 0.15) is 25.0 Å². The molecule has 0 amide bonds. The first-order chi connectivity index (χ1) is 32.8. The number of hydrogen-bond acceptors (Lipinski definition) is 2. The molecule has 0 saturated carbocycles. The van der Waals surface area contributed by atoms with Crippen molar-refractivity contribution in [2.24, 2.45) is 0 Å². The van der Waals surface area contributed by atoms with Crippen LogP contribution in [-0.2, 0) is 5.41 Å². The van der Waals surface area contributed by atoms with Crippen molar-refractivity contribution < 1.29 is 8.78 Å². The van der Waals surface area contributed by atoms with Crippen LogP contribution in [0.2, 0.25) is 0 Å². The average Bonchev–Trinajstić information content (AvgIpc) is 3.60. The second kappa shape index (κ2) is 16.0. The largest absolute Gasteiger partial charge is 0.308 e. The highest BCUT2D eigenvalue weighted by atomic mass is 19.1. The Balaban J connectivity index is 0.911. The van der Waals surface area contributed by atoms with Crippen LogP contribution in [0.25, 0.3) is 65.7 Å². The van der Waals surface area contributed by atoms with E-state index in [4.69, 9.17) is 0 Å². The minimum Gasteiger partial charge on any atom is -0.308 e. The maximum atomic E-state index is 16.7. The molecule has 12 rings (SSSR count). The van der Waals surface area contributed by atoms with Gasteiger partial charge in [-0.25, -0.2) is 8.78 Å². The van der Waals surface area contributed by atoms with E-state index in [9.17, 15) is 0 Å². The molecular formula is C63H44F2N2. The topological polar surface area (TPSA) is 6.48 Å². The minimum atomic E-state index is -0.396. The molecule has 67 heavy (non-hydrogen) atoms. The average molecular weight is 867 g/mol. The van der Waals surface area contributed by atoms with E-state index in [2.05, 4.69) is 123 Å². The smallest absolute Gasteiger partial charge is 0.147 e. The van der Waals surface area contributed by atoms with Gasteiger partial charge in [0, 0.05) is 28.2 Å². The highest BCUT2D eigenvalue weighted by Crippen LogP contribution is 2.54. The van der Waals surface area contributed by atoms with E-state index in [-0.39, 0.29) is 11.6 Å². The van der Waals surface area contributed by atoms with Crippen molar-refractivity contribution >= 4 is 66.4 Å². The highest BCUT2D eigenvalue weighted by molar-refractivity contribution is 6.00. The monoisotopic (exact) mass is 866 g/mol. The first-order valence-electron chi connectivity index (χ1n) is 22.8. The summed E-state index contributed by atoms with van der Waals surface area (Å²) in [6.45, 7) is 4.56. The molecule has 11 aromatic rings. The molecule has 0 aromatic heterocycles. The molecule has 0 bridgehead atoms. The van der Waals surface area contributed by atoms with E-state index in [0.717, 1.165) is 82.9 Å². The molecule has 0 radical (unpaired) electrons. The van der Waals surface area contributed by atoms with Gasteiger partial charge in [0.2, 0.25) is 0 Å². The van der Waals surface area contributed by atoms with Gasteiger partial charge in [-0.15, -0.1) is 0 Å². The van der Waals surface area contributed by atoms with Gasteiger partial charge in [0.15, 0.2) is 0 Å². The first-order valence-corrected chi connectivity index (χ1v) is 22.8. The van der Waals surface area contributed by atoms with Gasteiger partial charge in [-0.05, 0) is 162 Å². The number of fused-ring (bicyclic) bond motifs is 7. The molecule has 0 saturated heterocycles. The molecule has 4 heteroatoms. The predicted molar refractivity (Wildman–Crippen MR) is 277 cm³/mol. The van der Waals surface area contributed by atoms with Crippen LogP contribution in [-0.4, -0.2) is 0 Å². The lowest BCUT2D eigenvalue weighted by Crippen LogP contribution is -2.17. The van der Waals surface area contributed by atoms with Gasteiger partial charge in [-0.1, -0.05) is 159 Å². The van der Waals surface area contributed by atoms with Gasteiger partial charge in [-0.2, -0.15) is 0 Å². The van der Waals surface area contributed by atoms with Crippen LogP contribution in [0.4, 0.5) is 42.9 Å². The zero-order valence-electron chi connectivity index (χ0n) is 37.1. The summed E-state index contributed by atoms with van der Waals surface area (Å²) in [5.74, 6) is -0.606. The number of benzene rings is 11. The summed E-state index contributed by atoms with van der Waals surface area (Å²) < 4.78 is 33.3. The van der Waals surface area contributed by atoms with E-state index in [1.165, 1.54) is 16.7 Å². The van der Waals surface area contributed by atoms with Crippen LogP contribution in [0.5, 0.6) is 0 Å². The highest BCUT2D eigenvalue weighted by Gasteiger charge is 2.38. The zero-order chi connectivity index (χ0) is 45.2. The Bertz CT molecular complexity index is 3710. The third-order valence-electron chi connectivity index (χ3n) is 13.7. The van der Waals surface area contributed by atoms with Gasteiger partial charge < -0.3 is 9.80 Å². The summed E-state index contributed by atoms with van der Waals surface area (Å²) in [5.41, 5.74) is 12.4. The molecule has 1 aliphatic rings. The summed E-state index contributed by atoms with van der Waals surface area (Å²) in [4.78, 5) is 4.03. The Morgan fingerprint density at radius 2 is 0.761 bits per heavy atom. The summed E-state index contributed by atoms with van der Waals surface area (Å²) in [5, 5.41) is 6.74. The van der Waals surface area contributed by atoms with Crippen molar-refractivity contribution in [2.45, 2.75) is 19.3 Å². The molecule has 0 unspecified atom stereocenters. The van der Waals surface area contributed by atoms with E-state index < -0.39 is 5.41 Å². The molecule has 0 heterocycles. The lowest BCUT2D eigenvalue weighted by Gasteiger charge is -2.29. The second-order valence-corrected chi connectivity index (χ2v) is 18.0. The Hall–Kier alpha value is -8.34. The molecule has 11 aromatic carbocycles. The maximum absolute atomic E-state index is 16.7. The molecule has 0 aliphatic heterocycles. The lowest BCUT2D eigenvalue weighted by atomic mass is 9.80. The fourth-order valence-corrected chi connectivity index (χ4v) is 10.4. The quantitative estimate of drug-likeness (QED) is 0.150. The number of halogens is 2. The molecule has 1 aliphatic carbocycles. The van der Waals surface area contributed by atoms with Crippen molar-refractivity contribution in [3.05, 3.63) is 253 Å². The third kappa shape index (κ3) is 6.92. The molecule has 0 spiro atoms. The van der Waals surface area contributed by atoms with Crippen LogP contribution in [0, 0.1) is 11.6 Å². The minimum absolute atomic E-state index is 0.301. The van der Waals surface area contributed by atoms with Crippen molar-refractivity contribution in [1.82, 2.24) is 0 Å². The van der Waals surface area contributed by atoms with E-state index >= 15 is 8.78 Å². The van der Waals surface area contributed by atoms with Crippen LogP contribution >= 0.6 is 0 Å². The van der Waals surface area contributed by atoms with Crippen LogP contribution < -0.4 is 9.80 Å². The van der Waals surface area contributed by atoms with Gasteiger partial charge in [-0.3, -0.25) is 0 Å². The molecular weight excluding hydrogens is 823 g/mol. The van der Waals surface area contributed by atoms with E-state index in [1.807, 2.05) is 119 Å². The Kier molecular flexibility index (Phi) is 9.58. The Morgan fingerprint density at radius 1 is 0.328 bits per heavy atom. The first kappa shape index (κ1) is 40.2. The molecule has 320 valence electrons. The molecule has 0 N–H and O–H groups in total. The molecule has 2 nitrogen and oxygen atoms in total. The normalized spacial score (nSPS) is 12.6. The number of nitrogens with zero attached hydrogens (tertiary/aromatic N) is 2. The summed E-state index contributed by atoms with van der Waals surface area (Å²) in [7, 11) is 0. The van der Waals surface area contributed by atoms with Crippen molar-refractivity contribution in [2.75, 3.05) is 9.80 Å². The van der Waals surface area contributed by atoms with Gasteiger partial charge in [0.25, 0.3) is 0 Å². The van der Waals surface area contributed by atoms with Gasteiger partial charge >= 0.3 is 0 Å². The van der Waals surface area contributed by atoms with Gasteiger partial charge in [0.1, 0.15) is 11.6 Å². The SMILES string of the molecule is CC1(C)c2cc(N(c3ccccc3)c3ccc(-c4ccc5ccccc5c4)cc3F)ccc2-c2ccc3cc(N(c4ccccc4)c4ccc(-c5ccc6ccccc6c5)cc4F)ccc3c21. The molecule has 0 fully saturated rings. The summed E-state index contributed by atoms with van der Waals surface area (Å²) in [6.07, 6.45) is 0. The standard InChI is InChI=1S/C63H44F2N2/c1-63(2)57-40-53(67(51-19-7-4-8-20-51)61-34-27-48(39-59(61)65)46-24-22-42-14-10-12-16-44(42)36-46)29-32-55(57)56-30-25-49-37-52(28-31-54(49)62(56)63)66(50-17-5-3-6-18-50)60-33-26-47(38-58(60)64)45-23-21-41-13-9-11-15-43(41)35-45/h3-40H,1-2H3. The number of rotatable bonds is 8. The van der Waals surface area contributed by atoms with Crippen LogP contribution in [0.3, 0.4) is 0 Å². The number of para-hydroxylation sites is 2. The van der Waals surface area contributed by atoms with Gasteiger partial charge in [0.05, 0.1) is 11.4 Å². The van der Waals surface area contributed by atoms with E-state index in [0.29, 0.717) is 11.4 Å².